The van der Waals surface area contributed by atoms with Gasteiger partial charge in [0.15, 0.2) is 13.1 Å². The molecule has 0 aliphatic rings. The van der Waals surface area contributed by atoms with Gasteiger partial charge in [0, 0.05) is 13.2 Å². The summed E-state index contributed by atoms with van der Waals surface area (Å²) in [5.74, 6) is 0.830. The average Bonchev–Trinajstić information content (AvgIpc) is 2.53. The molecule has 0 atom stereocenters. The third kappa shape index (κ3) is 4.21. The maximum absolute atomic E-state index is 11.1. The molecule has 0 bridgehead atoms. The van der Waals surface area contributed by atoms with E-state index in [-0.39, 0.29) is 6.79 Å². The highest BCUT2D eigenvalue weighted by Gasteiger charge is 2.11. The van der Waals surface area contributed by atoms with Crippen LogP contribution in [0, 0.1) is 0 Å². The van der Waals surface area contributed by atoms with Crippen molar-refractivity contribution in [1.82, 2.24) is 0 Å². The zero-order valence-electron chi connectivity index (χ0n) is 11.5. The second kappa shape index (κ2) is 7.67. The van der Waals surface area contributed by atoms with Crippen LogP contribution in [0.3, 0.4) is 0 Å². The Bertz CT molecular complexity index is 599. The summed E-state index contributed by atoms with van der Waals surface area (Å²) in [6, 6.07) is 12.8. The molecule has 0 amide bonds. The summed E-state index contributed by atoms with van der Waals surface area (Å²) in [7, 11) is 1.51. The molecular formula is C16H15ClO4. The molecule has 0 fully saturated rings. The van der Waals surface area contributed by atoms with Gasteiger partial charge in [-0.1, -0.05) is 41.9 Å². The maximum atomic E-state index is 11.1. The minimum absolute atomic E-state index is 0.0677. The molecule has 0 unspecified atom stereocenters. The molecule has 0 radical (unpaired) electrons. The highest BCUT2D eigenvalue weighted by molar-refractivity contribution is 6.32. The summed E-state index contributed by atoms with van der Waals surface area (Å²) in [4.78, 5) is 11.1. The van der Waals surface area contributed by atoms with Crippen LogP contribution in [0.1, 0.15) is 15.9 Å². The van der Waals surface area contributed by atoms with Crippen LogP contribution in [0.15, 0.2) is 42.5 Å². The SMILES string of the molecule is COCOc1cc(OCc2ccccc2)c(C=O)cc1Cl. The Morgan fingerprint density at radius 3 is 2.52 bits per heavy atom. The van der Waals surface area contributed by atoms with Crippen LogP contribution in [0.2, 0.25) is 5.02 Å². The van der Waals surface area contributed by atoms with E-state index >= 15 is 0 Å². The standard InChI is InChI=1S/C16H15ClO4/c1-19-11-21-16-8-15(13(9-18)7-14(16)17)20-10-12-5-3-2-4-6-12/h2-9H,10-11H2,1H3. The fourth-order valence-electron chi connectivity index (χ4n) is 1.74. The van der Waals surface area contributed by atoms with Crippen LogP contribution < -0.4 is 9.47 Å². The predicted octanol–water partition coefficient (Wildman–Crippen LogP) is 3.71. The summed E-state index contributed by atoms with van der Waals surface area (Å²) in [5, 5.41) is 0.334. The van der Waals surface area contributed by atoms with Crippen molar-refractivity contribution in [2.24, 2.45) is 0 Å². The zero-order valence-corrected chi connectivity index (χ0v) is 12.3. The highest BCUT2D eigenvalue weighted by atomic mass is 35.5. The summed E-state index contributed by atoms with van der Waals surface area (Å²) in [6.07, 6.45) is 0.701. The zero-order chi connectivity index (χ0) is 15.1. The first-order chi connectivity index (χ1) is 10.2. The van der Waals surface area contributed by atoms with E-state index in [0.717, 1.165) is 5.56 Å². The van der Waals surface area contributed by atoms with E-state index < -0.39 is 0 Å². The van der Waals surface area contributed by atoms with Gasteiger partial charge in [0.2, 0.25) is 0 Å². The van der Waals surface area contributed by atoms with Gasteiger partial charge in [0.1, 0.15) is 18.1 Å². The smallest absolute Gasteiger partial charge is 0.188 e. The lowest BCUT2D eigenvalue weighted by molar-refractivity contribution is 0.0510. The lowest BCUT2D eigenvalue weighted by Gasteiger charge is -2.12. The third-order valence-corrected chi connectivity index (χ3v) is 3.06. The van der Waals surface area contributed by atoms with Gasteiger partial charge in [-0.15, -0.1) is 0 Å². The maximum Gasteiger partial charge on any atom is 0.188 e. The van der Waals surface area contributed by atoms with Gasteiger partial charge in [0.25, 0.3) is 0 Å². The Kier molecular flexibility index (Phi) is 5.60. The summed E-state index contributed by atoms with van der Waals surface area (Å²) < 4.78 is 15.8. The predicted molar refractivity (Wildman–Crippen MR) is 80.1 cm³/mol. The number of rotatable bonds is 7. The number of halogens is 1. The van der Waals surface area contributed by atoms with Crippen molar-refractivity contribution in [3.05, 3.63) is 58.6 Å². The van der Waals surface area contributed by atoms with Crippen LogP contribution in [-0.2, 0) is 11.3 Å². The molecule has 2 aromatic carbocycles. The fraction of sp³-hybridized carbons (Fsp3) is 0.188. The number of hydrogen-bond donors (Lipinski definition) is 0. The molecule has 0 spiro atoms. The molecule has 5 heteroatoms. The van der Waals surface area contributed by atoms with Crippen molar-refractivity contribution in [3.63, 3.8) is 0 Å². The molecule has 2 aromatic rings. The highest BCUT2D eigenvalue weighted by Crippen LogP contribution is 2.32. The van der Waals surface area contributed by atoms with Gasteiger partial charge in [0.05, 0.1) is 10.6 Å². The number of carbonyl (C=O) groups is 1. The van der Waals surface area contributed by atoms with Crippen LogP contribution in [-0.4, -0.2) is 20.2 Å². The second-order valence-electron chi connectivity index (χ2n) is 4.26. The van der Waals surface area contributed by atoms with Crippen LogP contribution >= 0.6 is 11.6 Å². The number of benzene rings is 2. The number of methoxy groups -OCH3 is 1. The molecule has 21 heavy (non-hydrogen) atoms. The van der Waals surface area contributed by atoms with Crippen LogP contribution in [0.25, 0.3) is 0 Å². The number of hydrogen-bond acceptors (Lipinski definition) is 4. The third-order valence-electron chi connectivity index (χ3n) is 2.76. The van der Waals surface area contributed by atoms with Gasteiger partial charge < -0.3 is 14.2 Å². The van der Waals surface area contributed by atoms with Crippen molar-refractivity contribution in [1.29, 1.82) is 0 Å². The minimum Gasteiger partial charge on any atom is -0.488 e. The van der Waals surface area contributed by atoms with E-state index in [0.29, 0.717) is 35.0 Å². The van der Waals surface area contributed by atoms with E-state index in [1.165, 1.54) is 13.2 Å². The first kappa shape index (κ1) is 15.4. The lowest BCUT2D eigenvalue weighted by Crippen LogP contribution is -2.02. The minimum atomic E-state index is 0.0677. The monoisotopic (exact) mass is 306 g/mol. The Labute approximate surface area is 128 Å². The normalized spacial score (nSPS) is 10.2. The molecule has 0 aromatic heterocycles. The van der Waals surface area contributed by atoms with E-state index in [4.69, 9.17) is 25.8 Å². The van der Waals surface area contributed by atoms with Crippen molar-refractivity contribution in [3.8, 4) is 11.5 Å². The first-order valence-corrected chi connectivity index (χ1v) is 6.69. The van der Waals surface area contributed by atoms with Gasteiger partial charge in [-0.2, -0.15) is 0 Å². The van der Waals surface area contributed by atoms with Crippen molar-refractivity contribution < 1.29 is 19.0 Å². The van der Waals surface area contributed by atoms with Gasteiger partial charge in [-0.05, 0) is 11.6 Å². The lowest BCUT2D eigenvalue weighted by atomic mass is 10.2. The van der Waals surface area contributed by atoms with Crippen molar-refractivity contribution in [2.75, 3.05) is 13.9 Å². The molecule has 4 nitrogen and oxygen atoms in total. The number of aldehydes is 1. The van der Waals surface area contributed by atoms with Gasteiger partial charge in [-0.3, -0.25) is 4.79 Å². The molecule has 2 rings (SSSR count). The second-order valence-corrected chi connectivity index (χ2v) is 4.67. The van der Waals surface area contributed by atoms with Crippen LogP contribution in [0.4, 0.5) is 0 Å². The van der Waals surface area contributed by atoms with Crippen LogP contribution in [0.5, 0.6) is 11.5 Å². The summed E-state index contributed by atoms with van der Waals surface area (Å²) in [6.45, 7) is 0.422. The summed E-state index contributed by atoms with van der Waals surface area (Å²) in [5.41, 5.74) is 1.38. The Hall–Kier alpha value is -2.04. The van der Waals surface area contributed by atoms with Crippen molar-refractivity contribution >= 4 is 17.9 Å². The Morgan fingerprint density at radius 2 is 1.86 bits per heavy atom. The molecule has 0 heterocycles. The Balaban J connectivity index is 2.18. The summed E-state index contributed by atoms with van der Waals surface area (Å²) >= 11 is 6.04. The molecule has 110 valence electrons. The fourth-order valence-corrected chi connectivity index (χ4v) is 1.96. The molecular weight excluding hydrogens is 292 g/mol. The number of ether oxygens (including phenoxy) is 3. The molecule has 0 saturated carbocycles. The first-order valence-electron chi connectivity index (χ1n) is 6.31. The van der Waals surface area contributed by atoms with E-state index in [9.17, 15) is 4.79 Å². The topological polar surface area (TPSA) is 44.8 Å². The van der Waals surface area contributed by atoms with E-state index in [2.05, 4.69) is 0 Å². The molecule has 0 aliphatic heterocycles. The molecule has 0 saturated heterocycles. The van der Waals surface area contributed by atoms with Gasteiger partial charge >= 0.3 is 0 Å². The largest absolute Gasteiger partial charge is 0.488 e. The molecule has 0 N–H and O–H groups in total. The Morgan fingerprint density at radius 1 is 1.10 bits per heavy atom. The molecule has 0 aliphatic carbocycles. The average molecular weight is 307 g/mol. The quantitative estimate of drug-likeness (QED) is 0.578. The van der Waals surface area contributed by atoms with E-state index in [1.807, 2.05) is 30.3 Å². The van der Waals surface area contributed by atoms with Crippen molar-refractivity contribution in [2.45, 2.75) is 6.61 Å². The van der Waals surface area contributed by atoms with E-state index in [1.54, 1.807) is 6.07 Å². The number of carbonyl (C=O) groups excluding carboxylic acids is 1. The van der Waals surface area contributed by atoms with Gasteiger partial charge in [-0.25, -0.2) is 0 Å².